The van der Waals surface area contributed by atoms with Gasteiger partial charge in [0.25, 0.3) is 0 Å². The van der Waals surface area contributed by atoms with Crippen LogP contribution < -0.4 is 0 Å². The molecule has 0 spiro atoms. The Labute approximate surface area is 145 Å². The van der Waals surface area contributed by atoms with Crippen LogP contribution in [0.3, 0.4) is 0 Å². The molecule has 0 saturated heterocycles. The minimum atomic E-state index is -0.307. The highest BCUT2D eigenvalue weighted by molar-refractivity contribution is 6.42. The number of aliphatic hydroxyl groups is 1. The molecule has 2 aromatic carbocycles. The first-order chi connectivity index (χ1) is 11.1. The Morgan fingerprint density at radius 1 is 1.09 bits per heavy atom. The molecule has 1 N–H and O–H groups in total. The quantitative estimate of drug-likeness (QED) is 0.741. The summed E-state index contributed by atoms with van der Waals surface area (Å²) >= 11 is 11.9. The van der Waals surface area contributed by atoms with Gasteiger partial charge in [-0.3, -0.25) is 4.79 Å². The highest BCUT2D eigenvalue weighted by Gasteiger charge is 2.18. The maximum absolute atomic E-state index is 12.1. The van der Waals surface area contributed by atoms with E-state index in [2.05, 4.69) is 0 Å². The summed E-state index contributed by atoms with van der Waals surface area (Å²) in [5, 5.41) is 10.1. The number of hydrogen-bond donors (Lipinski definition) is 1. The Balaban J connectivity index is 1.98. The summed E-state index contributed by atoms with van der Waals surface area (Å²) in [6.07, 6.45) is 0.643. The van der Waals surface area contributed by atoms with E-state index in [9.17, 15) is 9.90 Å². The zero-order valence-electron chi connectivity index (χ0n) is 12.5. The summed E-state index contributed by atoms with van der Waals surface area (Å²) in [7, 11) is 0. The third-order valence-electron chi connectivity index (χ3n) is 3.55. The molecule has 0 amide bonds. The second kappa shape index (κ2) is 8.92. The van der Waals surface area contributed by atoms with Gasteiger partial charge in [-0.1, -0.05) is 59.6 Å². The summed E-state index contributed by atoms with van der Waals surface area (Å²) in [4.78, 5) is 12.1. The van der Waals surface area contributed by atoms with Crippen molar-refractivity contribution in [1.29, 1.82) is 0 Å². The van der Waals surface area contributed by atoms with E-state index in [0.29, 0.717) is 16.5 Å². The van der Waals surface area contributed by atoms with Crippen LogP contribution in [0.4, 0.5) is 0 Å². The number of halogens is 2. The molecule has 0 fully saturated rings. The third kappa shape index (κ3) is 5.54. The van der Waals surface area contributed by atoms with Gasteiger partial charge in [-0.2, -0.15) is 0 Å². The maximum atomic E-state index is 12.1. The number of benzene rings is 2. The second-order valence-corrected chi connectivity index (χ2v) is 6.05. The Morgan fingerprint density at radius 3 is 2.48 bits per heavy atom. The average Bonchev–Trinajstić information content (AvgIpc) is 2.56. The van der Waals surface area contributed by atoms with Gasteiger partial charge in [-0.05, 0) is 35.6 Å². The van der Waals surface area contributed by atoms with Crippen LogP contribution in [0.5, 0.6) is 0 Å². The summed E-state index contributed by atoms with van der Waals surface area (Å²) in [6, 6.07) is 14.7. The minimum Gasteiger partial charge on any atom is -0.461 e. The molecule has 0 bridgehead atoms. The van der Waals surface area contributed by atoms with Gasteiger partial charge in [0.05, 0.1) is 16.5 Å². The van der Waals surface area contributed by atoms with E-state index in [1.807, 2.05) is 36.4 Å². The molecule has 122 valence electrons. The van der Waals surface area contributed by atoms with Gasteiger partial charge in [-0.25, -0.2) is 0 Å². The van der Waals surface area contributed by atoms with E-state index < -0.39 is 0 Å². The van der Waals surface area contributed by atoms with Crippen molar-refractivity contribution in [2.75, 3.05) is 6.61 Å². The van der Waals surface area contributed by atoms with Gasteiger partial charge in [0.2, 0.25) is 0 Å². The molecule has 0 radical (unpaired) electrons. The fraction of sp³-hybridized carbons (Fsp3) is 0.278. The Hall–Kier alpha value is -1.55. The molecule has 0 aromatic heterocycles. The minimum absolute atomic E-state index is 0.0170. The first kappa shape index (κ1) is 17.8. The van der Waals surface area contributed by atoms with Gasteiger partial charge in [0, 0.05) is 6.61 Å². The fourth-order valence-corrected chi connectivity index (χ4v) is 2.61. The largest absolute Gasteiger partial charge is 0.461 e. The monoisotopic (exact) mass is 352 g/mol. The molecular weight excluding hydrogens is 335 g/mol. The van der Waals surface area contributed by atoms with Crippen molar-refractivity contribution in [2.24, 2.45) is 0 Å². The molecule has 0 saturated carbocycles. The Kier molecular flexibility index (Phi) is 6.90. The zero-order chi connectivity index (χ0) is 16.7. The third-order valence-corrected chi connectivity index (χ3v) is 4.29. The van der Waals surface area contributed by atoms with E-state index in [4.69, 9.17) is 27.9 Å². The topological polar surface area (TPSA) is 46.5 Å². The summed E-state index contributed by atoms with van der Waals surface area (Å²) in [5.41, 5.74) is 1.80. The first-order valence-corrected chi connectivity index (χ1v) is 8.11. The molecule has 2 aromatic rings. The lowest BCUT2D eigenvalue weighted by Gasteiger charge is -2.16. The van der Waals surface area contributed by atoms with Gasteiger partial charge in [0.15, 0.2) is 0 Å². The highest BCUT2D eigenvalue weighted by Crippen LogP contribution is 2.30. The van der Waals surface area contributed by atoms with E-state index in [0.717, 1.165) is 11.1 Å². The van der Waals surface area contributed by atoms with Crippen molar-refractivity contribution in [3.05, 3.63) is 69.7 Å². The first-order valence-electron chi connectivity index (χ1n) is 7.35. The van der Waals surface area contributed by atoms with E-state index in [-0.39, 0.29) is 31.5 Å². The van der Waals surface area contributed by atoms with Crippen LogP contribution in [0.25, 0.3) is 0 Å². The van der Waals surface area contributed by atoms with Gasteiger partial charge < -0.3 is 9.84 Å². The molecule has 1 atom stereocenters. The van der Waals surface area contributed by atoms with Crippen LogP contribution in [0.15, 0.2) is 48.5 Å². The van der Waals surface area contributed by atoms with E-state index in [1.54, 1.807) is 12.1 Å². The molecule has 0 aliphatic heterocycles. The molecule has 1 unspecified atom stereocenters. The van der Waals surface area contributed by atoms with E-state index in [1.165, 1.54) is 0 Å². The molecular formula is C18H18Cl2O3. The van der Waals surface area contributed by atoms with Crippen LogP contribution in [0.2, 0.25) is 10.0 Å². The number of rotatable bonds is 7. The molecule has 0 aliphatic carbocycles. The van der Waals surface area contributed by atoms with Crippen LogP contribution >= 0.6 is 23.2 Å². The van der Waals surface area contributed by atoms with Crippen LogP contribution in [0.1, 0.15) is 29.9 Å². The van der Waals surface area contributed by atoms with Crippen LogP contribution in [0, 0.1) is 0 Å². The number of carbonyl (C=O) groups excluding carboxylic acids is 1. The summed E-state index contributed by atoms with van der Waals surface area (Å²) in [5.74, 6) is -0.462. The van der Waals surface area contributed by atoms with Gasteiger partial charge in [0.1, 0.15) is 6.61 Å². The maximum Gasteiger partial charge on any atom is 0.306 e. The number of carbonyl (C=O) groups is 1. The summed E-state index contributed by atoms with van der Waals surface area (Å²) in [6.45, 7) is 0.226. The number of aliphatic hydroxyl groups excluding tert-OH is 1. The molecule has 5 heteroatoms. The lowest BCUT2D eigenvalue weighted by Crippen LogP contribution is -2.12. The van der Waals surface area contributed by atoms with Crippen molar-refractivity contribution >= 4 is 29.2 Å². The molecule has 23 heavy (non-hydrogen) atoms. The normalized spacial score (nSPS) is 12.0. The molecule has 3 nitrogen and oxygen atoms in total. The number of esters is 1. The Morgan fingerprint density at radius 2 is 1.83 bits per heavy atom. The van der Waals surface area contributed by atoms with Crippen molar-refractivity contribution in [1.82, 2.24) is 0 Å². The molecule has 2 rings (SSSR count). The van der Waals surface area contributed by atoms with Gasteiger partial charge >= 0.3 is 5.97 Å². The van der Waals surface area contributed by atoms with Crippen LogP contribution in [-0.4, -0.2) is 17.7 Å². The second-order valence-electron chi connectivity index (χ2n) is 5.23. The van der Waals surface area contributed by atoms with Crippen molar-refractivity contribution < 1.29 is 14.6 Å². The van der Waals surface area contributed by atoms with Crippen molar-refractivity contribution in [3.63, 3.8) is 0 Å². The van der Waals surface area contributed by atoms with Crippen LogP contribution in [-0.2, 0) is 16.1 Å². The standard InChI is InChI=1S/C18H18Cl2O3/c19-16-7-6-14(10-17(16)20)15(8-9-21)11-18(22)23-12-13-4-2-1-3-5-13/h1-7,10,15,21H,8-9,11-12H2. The fourth-order valence-electron chi connectivity index (χ4n) is 2.31. The SMILES string of the molecule is O=C(CC(CCO)c1ccc(Cl)c(Cl)c1)OCc1ccccc1. The van der Waals surface area contributed by atoms with Crippen molar-refractivity contribution in [3.8, 4) is 0 Å². The Bertz CT molecular complexity index is 644. The number of ether oxygens (including phenoxy) is 1. The lowest BCUT2D eigenvalue weighted by atomic mass is 9.93. The molecule has 0 aliphatic rings. The van der Waals surface area contributed by atoms with Crippen molar-refractivity contribution in [2.45, 2.75) is 25.4 Å². The zero-order valence-corrected chi connectivity index (χ0v) is 14.1. The predicted molar refractivity (Wildman–Crippen MR) is 91.8 cm³/mol. The van der Waals surface area contributed by atoms with E-state index >= 15 is 0 Å². The van der Waals surface area contributed by atoms with Gasteiger partial charge in [-0.15, -0.1) is 0 Å². The smallest absolute Gasteiger partial charge is 0.306 e. The highest BCUT2D eigenvalue weighted by atomic mass is 35.5. The summed E-state index contributed by atoms with van der Waals surface area (Å²) < 4.78 is 5.30. The molecule has 0 heterocycles. The lowest BCUT2D eigenvalue weighted by molar-refractivity contribution is -0.145. The predicted octanol–water partition coefficient (Wildman–Crippen LogP) is 4.59. The average molecular weight is 353 g/mol. The number of hydrogen-bond acceptors (Lipinski definition) is 3.